The Hall–Kier alpha value is -1.87. The van der Waals surface area contributed by atoms with Crippen molar-refractivity contribution in [1.29, 1.82) is 5.26 Å². The van der Waals surface area contributed by atoms with Gasteiger partial charge in [0, 0.05) is 5.69 Å². The Balaban J connectivity index is 3.11. The fourth-order valence-corrected chi connectivity index (χ4v) is 2.99. The number of carbonyl (C=O) groups excluding carboxylic acids is 1. The third-order valence-electron chi connectivity index (χ3n) is 3.27. The van der Waals surface area contributed by atoms with Crippen molar-refractivity contribution in [1.82, 2.24) is 0 Å². The number of sulfone groups is 1. The van der Waals surface area contributed by atoms with Gasteiger partial charge in [0.05, 0.1) is 6.07 Å². The van der Waals surface area contributed by atoms with E-state index in [9.17, 15) is 13.2 Å². The highest BCUT2D eigenvalue weighted by atomic mass is 32.2. The van der Waals surface area contributed by atoms with Crippen molar-refractivity contribution in [3.63, 3.8) is 0 Å². The maximum absolute atomic E-state index is 12.1. The third kappa shape index (κ3) is 4.85. The van der Waals surface area contributed by atoms with Crippen LogP contribution in [0.25, 0.3) is 0 Å². The summed E-state index contributed by atoms with van der Waals surface area (Å²) in [7, 11) is -3.69. The van der Waals surface area contributed by atoms with E-state index in [2.05, 4.69) is 5.32 Å². The molecular weight excluding hydrogens is 300 g/mol. The van der Waals surface area contributed by atoms with Crippen LogP contribution in [0.2, 0.25) is 0 Å². The second kappa shape index (κ2) is 7.41. The van der Waals surface area contributed by atoms with E-state index in [1.807, 2.05) is 45.9 Å². The summed E-state index contributed by atoms with van der Waals surface area (Å²) in [5.74, 6) is -1.53. The largest absolute Gasteiger partial charge is 0.325 e. The summed E-state index contributed by atoms with van der Waals surface area (Å²) in [4.78, 5) is 12.1. The number of para-hydroxylation sites is 1. The molecule has 0 fully saturated rings. The first-order valence-electron chi connectivity index (χ1n) is 7.18. The molecule has 0 aliphatic heterocycles. The monoisotopic (exact) mass is 322 g/mol. The molecule has 1 aromatic rings. The van der Waals surface area contributed by atoms with Crippen LogP contribution >= 0.6 is 0 Å². The van der Waals surface area contributed by atoms with Gasteiger partial charge < -0.3 is 5.32 Å². The molecule has 0 spiro atoms. The van der Waals surface area contributed by atoms with Crippen molar-refractivity contribution in [2.24, 2.45) is 0 Å². The minimum absolute atomic E-state index is 0.199. The zero-order valence-corrected chi connectivity index (χ0v) is 14.2. The van der Waals surface area contributed by atoms with Gasteiger partial charge in [-0.25, -0.2) is 8.42 Å². The van der Waals surface area contributed by atoms with Crippen LogP contribution < -0.4 is 5.32 Å². The number of rotatable bonds is 6. The molecule has 0 heterocycles. The van der Waals surface area contributed by atoms with Crippen LogP contribution in [0.3, 0.4) is 0 Å². The van der Waals surface area contributed by atoms with Gasteiger partial charge in [-0.3, -0.25) is 4.79 Å². The fraction of sp³-hybridized carbons (Fsp3) is 0.500. The molecule has 0 radical (unpaired) electrons. The molecule has 0 aliphatic rings. The summed E-state index contributed by atoms with van der Waals surface area (Å²) in [6.45, 7) is 8.06. The van der Waals surface area contributed by atoms with E-state index in [0.29, 0.717) is 5.69 Å². The zero-order valence-electron chi connectivity index (χ0n) is 13.4. The molecule has 0 saturated heterocycles. The predicted molar refractivity (Wildman–Crippen MR) is 87.5 cm³/mol. The smallest absolute Gasteiger partial charge is 0.239 e. The topological polar surface area (TPSA) is 87.0 Å². The van der Waals surface area contributed by atoms with Crippen LogP contribution in [-0.4, -0.2) is 25.8 Å². The predicted octanol–water partition coefficient (Wildman–Crippen LogP) is 2.81. The van der Waals surface area contributed by atoms with Gasteiger partial charge in [-0.1, -0.05) is 45.9 Å². The Morgan fingerprint density at radius 2 is 1.68 bits per heavy atom. The van der Waals surface area contributed by atoms with Crippen molar-refractivity contribution in [2.45, 2.75) is 39.5 Å². The highest BCUT2D eigenvalue weighted by molar-refractivity contribution is 7.92. The number of hydrogen-bond donors (Lipinski definition) is 1. The van der Waals surface area contributed by atoms with E-state index >= 15 is 0 Å². The number of nitrogens with one attached hydrogen (secondary N) is 1. The molecule has 1 aromatic carbocycles. The van der Waals surface area contributed by atoms with E-state index in [1.165, 1.54) is 0 Å². The van der Waals surface area contributed by atoms with Crippen LogP contribution in [0, 0.1) is 11.3 Å². The van der Waals surface area contributed by atoms with Gasteiger partial charge in [0.2, 0.25) is 5.91 Å². The molecule has 5 nitrogen and oxygen atoms in total. The molecule has 0 aliphatic carbocycles. The number of hydrogen-bond acceptors (Lipinski definition) is 4. The van der Waals surface area contributed by atoms with Crippen LogP contribution in [-0.2, 0) is 14.6 Å². The number of amides is 1. The highest BCUT2D eigenvalue weighted by Crippen LogP contribution is 2.32. The SMILES string of the molecule is CC(C)c1cccc(C(C)C)c1NC(=O)CS(=O)(=O)CC#N. The summed E-state index contributed by atoms with van der Waals surface area (Å²) in [6, 6.07) is 7.36. The fourth-order valence-electron chi connectivity index (χ4n) is 2.22. The van der Waals surface area contributed by atoms with Crippen molar-refractivity contribution in [2.75, 3.05) is 16.8 Å². The summed E-state index contributed by atoms with van der Waals surface area (Å²) in [5, 5.41) is 11.2. The van der Waals surface area contributed by atoms with Gasteiger partial charge >= 0.3 is 0 Å². The number of nitrogens with zero attached hydrogens (tertiary/aromatic N) is 1. The van der Waals surface area contributed by atoms with Crippen molar-refractivity contribution in [3.8, 4) is 6.07 Å². The lowest BCUT2D eigenvalue weighted by atomic mass is 9.92. The van der Waals surface area contributed by atoms with Crippen LogP contribution in [0.5, 0.6) is 0 Å². The van der Waals surface area contributed by atoms with E-state index in [-0.39, 0.29) is 11.8 Å². The van der Waals surface area contributed by atoms with E-state index in [4.69, 9.17) is 5.26 Å². The minimum atomic E-state index is -3.69. The first-order chi connectivity index (χ1) is 10.2. The molecule has 6 heteroatoms. The number of carbonyl (C=O) groups is 1. The summed E-state index contributed by atoms with van der Waals surface area (Å²) >= 11 is 0. The Morgan fingerprint density at radius 3 is 2.09 bits per heavy atom. The maximum atomic E-state index is 12.1. The second-order valence-electron chi connectivity index (χ2n) is 5.86. The Bertz CT molecular complexity index is 660. The van der Waals surface area contributed by atoms with E-state index in [1.54, 1.807) is 6.07 Å². The molecule has 1 rings (SSSR count). The Morgan fingerprint density at radius 1 is 1.18 bits per heavy atom. The maximum Gasteiger partial charge on any atom is 0.239 e. The quantitative estimate of drug-likeness (QED) is 0.872. The average Bonchev–Trinajstić information content (AvgIpc) is 2.37. The molecular formula is C16H22N2O3S. The molecule has 0 saturated carbocycles. The van der Waals surface area contributed by atoms with Gasteiger partial charge in [-0.2, -0.15) is 5.26 Å². The number of nitriles is 1. The minimum Gasteiger partial charge on any atom is -0.325 e. The van der Waals surface area contributed by atoms with Gasteiger partial charge in [-0.15, -0.1) is 0 Å². The van der Waals surface area contributed by atoms with Gasteiger partial charge in [0.25, 0.3) is 0 Å². The third-order valence-corrected chi connectivity index (χ3v) is 4.54. The van der Waals surface area contributed by atoms with Gasteiger partial charge in [0.15, 0.2) is 9.84 Å². The van der Waals surface area contributed by atoms with Crippen LogP contribution in [0.15, 0.2) is 18.2 Å². The average molecular weight is 322 g/mol. The van der Waals surface area contributed by atoms with Gasteiger partial charge in [0.1, 0.15) is 11.5 Å². The van der Waals surface area contributed by atoms with E-state index in [0.717, 1.165) is 11.1 Å². The van der Waals surface area contributed by atoms with Crippen molar-refractivity contribution in [3.05, 3.63) is 29.3 Å². The first-order valence-corrected chi connectivity index (χ1v) is 9.00. The normalized spacial score (nSPS) is 11.5. The van der Waals surface area contributed by atoms with Crippen molar-refractivity contribution < 1.29 is 13.2 Å². The van der Waals surface area contributed by atoms with Crippen LogP contribution in [0.4, 0.5) is 5.69 Å². The molecule has 22 heavy (non-hydrogen) atoms. The summed E-state index contributed by atoms with van der Waals surface area (Å²) in [6.07, 6.45) is 0. The zero-order chi connectivity index (χ0) is 16.9. The second-order valence-corrected chi connectivity index (χ2v) is 7.92. The molecule has 0 atom stereocenters. The van der Waals surface area contributed by atoms with E-state index < -0.39 is 27.3 Å². The number of anilines is 1. The summed E-state index contributed by atoms with van der Waals surface area (Å²) < 4.78 is 23.2. The lowest BCUT2D eigenvalue weighted by molar-refractivity contribution is -0.113. The Kier molecular flexibility index (Phi) is 6.12. The standard InChI is InChI=1S/C16H22N2O3S/c1-11(2)13-6-5-7-14(12(3)4)16(13)18-15(19)10-22(20,21)9-8-17/h5-7,11-12H,9-10H2,1-4H3,(H,18,19). The van der Waals surface area contributed by atoms with Crippen molar-refractivity contribution >= 4 is 21.4 Å². The molecule has 0 aromatic heterocycles. The lowest BCUT2D eigenvalue weighted by Crippen LogP contribution is -2.25. The van der Waals surface area contributed by atoms with Crippen LogP contribution in [0.1, 0.15) is 50.7 Å². The first kappa shape index (κ1) is 18.2. The summed E-state index contributed by atoms with van der Waals surface area (Å²) in [5.41, 5.74) is 2.62. The van der Waals surface area contributed by atoms with Gasteiger partial charge in [-0.05, 0) is 23.0 Å². The lowest BCUT2D eigenvalue weighted by Gasteiger charge is -2.20. The molecule has 0 unspecified atom stereocenters. The molecule has 0 bridgehead atoms. The molecule has 1 amide bonds. The number of benzene rings is 1. The molecule has 120 valence electrons. The highest BCUT2D eigenvalue weighted by Gasteiger charge is 2.20. The Labute approximate surface area is 132 Å². The molecule has 1 N–H and O–H groups in total.